The van der Waals surface area contributed by atoms with Crippen molar-refractivity contribution >= 4 is 33.4 Å². The number of imidazole rings is 1. The van der Waals surface area contributed by atoms with Crippen molar-refractivity contribution in [3.05, 3.63) is 35.7 Å². The third-order valence-corrected chi connectivity index (χ3v) is 9.33. The number of aromatic nitrogens is 2. The minimum Gasteiger partial charge on any atom is -0.325 e. The van der Waals surface area contributed by atoms with Gasteiger partial charge in [0.25, 0.3) is 0 Å². The van der Waals surface area contributed by atoms with E-state index in [1.807, 2.05) is 6.92 Å². The predicted octanol–water partition coefficient (Wildman–Crippen LogP) is 4.52. The Bertz CT molecular complexity index is 1050. The van der Waals surface area contributed by atoms with E-state index in [9.17, 15) is 13.2 Å². The van der Waals surface area contributed by atoms with Gasteiger partial charge < -0.3 is 9.88 Å². The summed E-state index contributed by atoms with van der Waals surface area (Å²) in [5.41, 5.74) is 2.81. The molecule has 2 aliphatic rings. The van der Waals surface area contributed by atoms with Gasteiger partial charge in [0.15, 0.2) is 5.16 Å². The number of carbonyl (C=O) groups is 1. The lowest BCUT2D eigenvalue weighted by molar-refractivity contribution is -0.113. The second kappa shape index (κ2) is 9.97. The van der Waals surface area contributed by atoms with E-state index in [4.69, 9.17) is 4.98 Å². The highest BCUT2D eigenvalue weighted by atomic mass is 32.2. The van der Waals surface area contributed by atoms with Gasteiger partial charge in [0.1, 0.15) is 0 Å². The molecule has 1 saturated carbocycles. The molecule has 0 unspecified atom stereocenters. The quantitative estimate of drug-likeness (QED) is 0.594. The zero-order valence-electron chi connectivity index (χ0n) is 18.8. The Hall–Kier alpha value is -1.84. The molecule has 0 radical (unpaired) electrons. The topological polar surface area (TPSA) is 84.3 Å². The van der Waals surface area contributed by atoms with Crippen molar-refractivity contribution in [1.82, 2.24) is 13.9 Å². The van der Waals surface area contributed by atoms with Crippen LogP contribution in [0.4, 0.5) is 5.69 Å². The lowest BCUT2D eigenvalue weighted by Gasteiger charge is -2.26. The molecular weight excluding hydrogens is 444 g/mol. The molecule has 9 heteroatoms. The first-order valence-electron chi connectivity index (χ1n) is 11.4. The van der Waals surface area contributed by atoms with Crippen LogP contribution in [0.3, 0.4) is 0 Å². The van der Waals surface area contributed by atoms with Gasteiger partial charge in [0, 0.05) is 30.5 Å². The van der Waals surface area contributed by atoms with Crippen LogP contribution < -0.4 is 5.32 Å². The number of hydrogen-bond donors (Lipinski definition) is 1. The Morgan fingerprint density at radius 1 is 1.06 bits per heavy atom. The smallest absolute Gasteiger partial charge is 0.243 e. The summed E-state index contributed by atoms with van der Waals surface area (Å²) in [6.07, 6.45) is 7.94. The summed E-state index contributed by atoms with van der Waals surface area (Å²) in [6.45, 7) is 5.29. The number of aryl methyl sites for hydroxylation is 1. The molecule has 174 valence electrons. The second-order valence-electron chi connectivity index (χ2n) is 8.70. The van der Waals surface area contributed by atoms with Gasteiger partial charge in [0.2, 0.25) is 15.9 Å². The summed E-state index contributed by atoms with van der Waals surface area (Å²) in [7, 11) is -3.44. The maximum absolute atomic E-state index is 12.6. The van der Waals surface area contributed by atoms with Crippen LogP contribution in [0, 0.1) is 13.8 Å². The lowest BCUT2D eigenvalue weighted by atomic mass is 9.95. The number of nitrogens with one attached hydrogen (secondary N) is 1. The van der Waals surface area contributed by atoms with Gasteiger partial charge in [0.05, 0.1) is 16.3 Å². The summed E-state index contributed by atoms with van der Waals surface area (Å²) in [5, 5.41) is 3.79. The summed E-state index contributed by atoms with van der Waals surface area (Å²) < 4.78 is 29.1. The van der Waals surface area contributed by atoms with Crippen LogP contribution in [-0.4, -0.2) is 47.0 Å². The predicted molar refractivity (Wildman–Crippen MR) is 128 cm³/mol. The van der Waals surface area contributed by atoms with Crippen LogP contribution in [0.5, 0.6) is 0 Å². The highest BCUT2D eigenvalue weighted by Gasteiger charge is 2.27. The zero-order valence-corrected chi connectivity index (χ0v) is 20.5. The first kappa shape index (κ1) is 23.3. The lowest BCUT2D eigenvalue weighted by Crippen LogP contribution is -2.27. The minimum absolute atomic E-state index is 0.126. The summed E-state index contributed by atoms with van der Waals surface area (Å²) in [6, 6.07) is 6.92. The SMILES string of the molecule is Cc1nc(SCC(=O)Nc2ccc(S(=O)(=O)N3CCCC3)cc2)n(C2CCCCC2)c1C. The molecule has 1 aliphatic carbocycles. The van der Waals surface area contributed by atoms with Gasteiger partial charge in [-0.3, -0.25) is 4.79 Å². The first-order chi connectivity index (χ1) is 15.4. The second-order valence-corrected chi connectivity index (χ2v) is 11.6. The molecule has 1 N–H and O–H groups in total. The number of hydrogen-bond acceptors (Lipinski definition) is 5. The van der Waals surface area contributed by atoms with Crippen molar-refractivity contribution in [3.63, 3.8) is 0 Å². The molecule has 1 aromatic carbocycles. The molecule has 4 rings (SSSR count). The molecule has 1 aromatic heterocycles. The molecule has 0 atom stereocenters. The molecule has 1 aliphatic heterocycles. The van der Waals surface area contributed by atoms with Gasteiger partial charge in [-0.25, -0.2) is 13.4 Å². The van der Waals surface area contributed by atoms with Crippen LogP contribution in [0.15, 0.2) is 34.3 Å². The molecule has 2 fully saturated rings. The van der Waals surface area contributed by atoms with Gasteiger partial charge in [-0.05, 0) is 63.8 Å². The van der Waals surface area contributed by atoms with Crippen molar-refractivity contribution in [1.29, 1.82) is 0 Å². The van der Waals surface area contributed by atoms with Crippen molar-refractivity contribution in [2.75, 3.05) is 24.2 Å². The Labute approximate surface area is 195 Å². The van der Waals surface area contributed by atoms with Crippen molar-refractivity contribution in [2.24, 2.45) is 0 Å². The normalized spacial score (nSPS) is 18.2. The largest absolute Gasteiger partial charge is 0.325 e. The average Bonchev–Trinajstić information content (AvgIpc) is 3.43. The van der Waals surface area contributed by atoms with E-state index in [1.54, 1.807) is 24.3 Å². The number of thioether (sulfide) groups is 1. The summed E-state index contributed by atoms with van der Waals surface area (Å²) >= 11 is 1.46. The fourth-order valence-corrected chi connectivity index (χ4v) is 7.06. The number of amides is 1. The van der Waals surface area contributed by atoms with E-state index in [0.717, 1.165) is 23.7 Å². The minimum atomic E-state index is -3.44. The molecule has 1 amide bonds. The third-order valence-electron chi connectivity index (χ3n) is 6.47. The van der Waals surface area contributed by atoms with E-state index < -0.39 is 10.0 Å². The van der Waals surface area contributed by atoms with Crippen molar-refractivity contribution in [2.45, 2.75) is 74.9 Å². The number of anilines is 1. The fourth-order valence-electron chi connectivity index (χ4n) is 4.58. The Kier molecular flexibility index (Phi) is 7.27. The first-order valence-corrected chi connectivity index (χ1v) is 13.9. The molecule has 7 nitrogen and oxygen atoms in total. The number of benzene rings is 1. The summed E-state index contributed by atoms with van der Waals surface area (Å²) in [5.74, 6) is 0.134. The fraction of sp³-hybridized carbons (Fsp3) is 0.565. The number of carbonyl (C=O) groups excluding carboxylic acids is 1. The van der Waals surface area contributed by atoms with E-state index in [0.29, 0.717) is 24.8 Å². The van der Waals surface area contributed by atoms with E-state index in [-0.39, 0.29) is 16.6 Å². The van der Waals surface area contributed by atoms with Crippen molar-refractivity contribution in [3.8, 4) is 0 Å². The van der Waals surface area contributed by atoms with E-state index >= 15 is 0 Å². The van der Waals surface area contributed by atoms with E-state index in [1.165, 1.54) is 53.9 Å². The molecule has 0 spiro atoms. The van der Waals surface area contributed by atoms with Gasteiger partial charge in [-0.1, -0.05) is 31.0 Å². The van der Waals surface area contributed by atoms with Crippen LogP contribution in [0.2, 0.25) is 0 Å². The molecule has 32 heavy (non-hydrogen) atoms. The van der Waals surface area contributed by atoms with Crippen LogP contribution in [-0.2, 0) is 14.8 Å². The highest BCUT2D eigenvalue weighted by molar-refractivity contribution is 7.99. The Morgan fingerprint density at radius 3 is 2.38 bits per heavy atom. The maximum Gasteiger partial charge on any atom is 0.243 e. The van der Waals surface area contributed by atoms with Crippen molar-refractivity contribution < 1.29 is 13.2 Å². The average molecular weight is 477 g/mol. The standard InChI is InChI=1S/C23H32N4O3S2/c1-17-18(2)27(20-8-4-3-5-9-20)23(24-17)31-16-22(28)25-19-10-12-21(13-11-19)32(29,30)26-14-6-7-15-26/h10-13,20H,3-9,14-16H2,1-2H3,(H,25,28). The summed E-state index contributed by atoms with van der Waals surface area (Å²) in [4.78, 5) is 17.5. The van der Waals surface area contributed by atoms with Gasteiger partial charge >= 0.3 is 0 Å². The maximum atomic E-state index is 12.6. The van der Waals surface area contributed by atoms with Crippen LogP contribution in [0.25, 0.3) is 0 Å². The Morgan fingerprint density at radius 2 is 1.72 bits per heavy atom. The van der Waals surface area contributed by atoms with E-state index in [2.05, 4.69) is 16.8 Å². The van der Waals surface area contributed by atoms with Gasteiger partial charge in [-0.15, -0.1) is 0 Å². The highest BCUT2D eigenvalue weighted by Crippen LogP contribution is 2.34. The molecule has 0 bridgehead atoms. The monoisotopic (exact) mass is 476 g/mol. The van der Waals surface area contributed by atoms with Gasteiger partial charge in [-0.2, -0.15) is 4.31 Å². The Balaban J connectivity index is 1.37. The number of sulfonamides is 1. The van der Waals surface area contributed by atoms with Crippen LogP contribution >= 0.6 is 11.8 Å². The number of nitrogens with zero attached hydrogens (tertiary/aromatic N) is 3. The molecular formula is C23H32N4O3S2. The molecule has 2 heterocycles. The third kappa shape index (κ3) is 5.05. The number of rotatable bonds is 7. The zero-order chi connectivity index (χ0) is 22.7. The molecule has 1 saturated heterocycles. The van der Waals surface area contributed by atoms with Crippen LogP contribution in [0.1, 0.15) is 62.4 Å². The molecule has 2 aromatic rings.